The number of benzene rings is 1. The van der Waals surface area contributed by atoms with Gasteiger partial charge < -0.3 is 15.7 Å². The number of hydrogen-bond acceptors (Lipinski definition) is 3. The zero-order valence-electron chi connectivity index (χ0n) is 8.03. The molecule has 0 saturated heterocycles. The highest BCUT2D eigenvalue weighted by Crippen LogP contribution is 2.21. The second-order valence-electron chi connectivity index (χ2n) is 2.89. The molecule has 3 N–H and O–H groups in total. The van der Waals surface area contributed by atoms with Crippen LogP contribution in [0.3, 0.4) is 0 Å². The van der Waals surface area contributed by atoms with Gasteiger partial charge in [0.05, 0.1) is 5.56 Å². The quantitative estimate of drug-likeness (QED) is 0.362. The molecule has 0 bridgehead atoms. The van der Waals surface area contributed by atoms with Gasteiger partial charge in [-0.2, -0.15) is 13.2 Å². The van der Waals surface area contributed by atoms with Crippen molar-refractivity contribution in [2.24, 2.45) is 10.9 Å². The van der Waals surface area contributed by atoms with E-state index >= 15 is 0 Å². The molecule has 0 amide bonds. The van der Waals surface area contributed by atoms with Crippen LogP contribution in [0.5, 0.6) is 5.75 Å². The average Bonchev–Trinajstić information content (AvgIpc) is 2.25. The van der Waals surface area contributed by atoms with Gasteiger partial charge in [0.15, 0.2) is 12.4 Å². The third kappa shape index (κ3) is 3.34. The Kier molecular flexibility index (Phi) is 3.60. The standard InChI is InChI=1S/C9H9F3N2O2/c10-9(11,12)5-16-7-4-2-1-3-6(7)8(13)14-15/h1-4,15H,5H2,(H2,13,14). The van der Waals surface area contributed by atoms with E-state index in [1.54, 1.807) is 0 Å². The van der Waals surface area contributed by atoms with E-state index in [-0.39, 0.29) is 17.1 Å². The molecule has 0 spiro atoms. The molecule has 0 aliphatic heterocycles. The lowest BCUT2D eigenvalue weighted by Crippen LogP contribution is -2.21. The number of amidine groups is 1. The van der Waals surface area contributed by atoms with Crippen molar-refractivity contribution in [2.45, 2.75) is 6.18 Å². The highest BCUT2D eigenvalue weighted by atomic mass is 19.4. The molecule has 0 aliphatic carbocycles. The molecule has 4 nitrogen and oxygen atoms in total. The Hall–Kier alpha value is -1.92. The fourth-order valence-corrected chi connectivity index (χ4v) is 1.02. The van der Waals surface area contributed by atoms with Crippen LogP contribution in [-0.2, 0) is 0 Å². The van der Waals surface area contributed by atoms with Gasteiger partial charge in [-0.05, 0) is 12.1 Å². The largest absolute Gasteiger partial charge is 0.483 e. The van der Waals surface area contributed by atoms with E-state index in [2.05, 4.69) is 9.89 Å². The van der Waals surface area contributed by atoms with Crippen LogP contribution < -0.4 is 10.5 Å². The maximum atomic E-state index is 11.9. The number of nitrogens with two attached hydrogens (primary N) is 1. The van der Waals surface area contributed by atoms with Crippen molar-refractivity contribution >= 4 is 5.84 Å². The van der Waals surface area contributed by atoms with Crippen molar-refractivity contribution in [3.05, 3.63) is 29.8 Å². The molecule has 1 aromatic carbocycles. The van der Waals surface area contributed by atoms with Crippen molar-refractivity contribution in [2.75, 3.05) is 6.61 Å². The lowest BCUT2D eigenvalue weighted by Gasteiger charge is -2.11. The summed E-state index contributed by atoms with van der Waals surface area (Å²) < 4.78 is 40.3. The van der Waals surface area contributed by atoms with E-state index in [9.17, 15) is 13.2 Å². The Morgan fingerprint density at radius 3 is 2.56 bits per heavy atom. The summed E-state index contributed by atoms with van der Waals surface area (Å²) >= 11 is 0. The highest BCUT2D eigenvalue weighted by molar-refractivity contribution is 5.99. The molecular formula is C9H9F3N2O2. The Labute approximate surface area is 89.1 Å². The number of hydrogen-bond donors (Lipinski definition) is 2. The van der Waals surface area contributed by atoms with Gasteiger partial charge in [-0.15, -0.1) is 0 Å². The van der Waals surface area contributed by atoms with Crippen LogP contribution in [0.2, 0.25) is 0 Å². The molecule has 1 aromatic rings. The van der Waals surface area contributed by atoms with Crippen LogP contribution in [0.15, 0.2) is 29.4 Å². The topological polar surface area (TPSA) is 67.8 Å². The van der Waals surface area contributed by atoms with Gasteiger partial charge in [0.25, 0.3) is 0 Å². The minimum absolute atomic E-state index is 0.0878. The van der Waals surface area contributed by atoms with Crippen molar-refractivity contribution < 1.29 is 23.1 Å². The van der Waals surface area contributed by atoms with E-state index in [1.165, 1.54) is 24.3 Å². The first-order chi connectivity index (χ1) is 7.44. The molecule has 16 heavy (non-hydrogen) atoms. The summed E-state index contributed by atoms with van der Waals surface area (Å²) in [4.78, 5) is 0. The fourth-order valence-electron chi connectivity index (χ4n) is 1.02. The van der Waals surface area contributed by atoms with Crippen LogP contribution in [0.4, 0.5) is 13.2 Å². The Balaban J connectivity index is 2.88. The molecule has 0 saturated carbocycles. The Morgan fingerprint density at radius 1 is 1.38 bits per heavy atom. The fraction of sp³-hybridized carbons (Fsp3) is 0.222. The molecule has 0 unspecified atom stereocenters. The van der Waals surface area contributed by atoms with E-state index in [1.807, 2.05) is 0 Å². The first-order valence-corrected chi connectivity index (χ1v) is 4.20. The predicted molar refractivity (Wildman–Crippen MR) is 50.5 cm³/mol. The summed E-state index contributed by atoms with van der Waals surface area (Å²) in [6.45, 7) is -1.43. The van der Waals surface area contributed by atoms with Crippen molar-refractivity contribution in [3.63, 3.8) is 0 Å². The summed E-state index contributed by atoms with van der Waals surface area (Å²) in [5.74, 6) is -0.395. The van der Waals surface area contributed by atoms with Crippen LogP contribution in [-0.4, -0.2) is 23.8 Å². The number of oxime groups is 1. The summed E-state index contributed by atoms with van der Waals surface area (Å²) in [6, 6.07) is 5.72. The number of para-hydroxylation sites is 1. The highest BCUT2D eigenvalue weighted by Gasteiger charge is 2.28. The number of rotatable bonds is 3. The predicted octanol–water partition coefficient (Wildman–Crippen LogP) is 1.72. The maximum Gasteiger partial charge on any atom is 0.422 e. The molecule has 0 heterocycles. The van der Waals surface area contributed by atoms with E-state index < -0.39 is 12.8 Å². The van der Waals surface area contributed by atoms with Gasteiger partial charge in [-0.1, -0.05) is 17.3 Å². The van der Waals surface area contributed by atoms with Gasteiger partial charge in [0.2, 0.25) is 0 Å². The molecule has 0 radical (unpaired) electrons. The zero-order valence-corrected chi connectivity index (χ0v) is 8.03. The summed E-state index contributed by atoms with van der Waals surface area (Å²) in [6.07, 6.45) is -4.43. The minimum Gasteiger partial charge on any atom is -0.483 e. The van der Waals surface area contributed by atoms with Crippen LogP contribution in [0, 0.1) is 0 Å². The van der Waals surface area contributed by atoms with Gasteiger partial charge in [0, 0.05) is 0 Å². The van der Waals surface area contributed by atoms with Crippen molar-refractivity contribution in [3.8, 4) is 5.75 Å². The molecule has 88 valence electrons. The van der Waals surface area contributed by atoms with Gasteiger partial charge >= 0.3 is 6.18 Å². The van der Waals surface area contributed by atoms with E-state index in [0.717, 1.165) is 0 Å². The Bertz CT molecular complexity index is 391. The van der Waals surface area contributed by atoms with E-state index in [4.69, 9.17) is 10.9 Å². The normalized spacial score (nSPS) is 12.6. The van der Waals surface area contributed by atoms with E-state index in [0.29, 0.717) is 0 Å². The number of nitrogens with zero attached hydrogens (tertiary/aromatic N) is 1. The first-order valence-electron chi connectivity index (χ1n) is 4.20. The second-order valence-corrected chi connectivity index (χ2v) is 2.89. The monoisotopic (exact) mass is 234 g/mol. The smallest absolute Gasteiger partial charge is 0.422 e. The first kappa shape index (κ1) is 12.2. The SMILES string of the molecule is N/C(=N\O)c1ccccc1OCC(F)(F)F. The third-order valence-corrected chi connectivity index (χ3v) is 1.66. The van der Waals surface area contributed by atoms with Gasteiger partial charge in [-0.3, -0.25) is 0 Å². The average molecular weight is 234 g/mol. The maximum absolute atomic E-state index is 11.9. The van der Waals surface area contributed by atoms with Crippen LogP contribution in [0.1, 0.15) is 5.56 Å². The number of halogens is 3. The number of ether oxygens (including phenoxy) is 1. The molecule has 0 atom stereocenters. The molecule has 0 aliphatic rings. The lowest BCUT2D eigenvalue weighted by atomic mass is 10.2. The molecule has 1 rings (SSSR count). The lowest BCUT2D eigenvalue weighted by molar-refractivity contribution is -0.153. The van der Waals surface area contributed by atoms with Gasteiger partial charge in [0.1, 0.15) is 5.75 Å². The van der Waals surface area contributed by atoms with Crippen molar-refractivity contribution in [1.82, 2.24) is 0 Å². The van der Waals surface area contributed by atoms with Crippen molar-refractivity contribution in [1.29, 1.82) is 0 Å². The second kappa shape index (κ2) is 4.73. The Morgan fingerprint density at radius 2 is 2.00 bits per heavy atom. The molecule has 0 fully saturated rings. The third-order valence-electron chi connectivity index (χ3n) is 1.66. The molecular weight excluding hydrogens is 225 g/mol. The molecule has 0 aromatic heterocycles. The zero-order chi connectivity index (χ0) is 12.2. The summed E-state index contributed by atoms with van der Waals surface area (Å²) in [5, 5.41) is 11.1. The number of alkyl halides is 3. The summed E-state index contributed by atoms with van der Waals surface area (Å²) in [5.41, 5.74) is 5.38. The van der Waals surface area contributed by atoms with Gasteiger partial charge in [-0.25, -0.2) is 0 Å². The van der Waals surface area contributed by atoms with Crippen LogP contribution in [0.25, 0.3) is 0 Å². The minimum atomic E-state index is -4.43. The van der Waals surface area contributed by atoms with Crippen LogP contribution >= 0.6 is 0 Å². The molecule has 7 heteroatoms. The summed E-state index contributed by atoms with van der Waals surface area (Å²) in [7, 11) is 0.